The molecule has 1 atom stereocenters. The summed E-state index contributed by atoms with van der Waals surface area (Å²) in [6, 6.07) is 23.1. The molecule has 0 saturated heterocycles. The van der Waals surface area contributed by atoms with Crippen LogP contribution in [0.15, 0.2) is 72.8 Å². The minimum atomic E-state index is -0.871. The molecule has 3 N–H and O–H groups in total. The number of hydrogen-bond acceptors (Lipinski definition) is 4. The highest BCUT2D eigenvalue weighted by Crippen LogP contribution is 2.25. The first-order valence-electron chi connectivity index (χ1n) is 14.2. The maximum Gasteiger partial charge on any atom is 0.321 e. The van der Waals surface area contributed by atoms with Crippen molar-refractivity contribution in [3.05, 3.63) is 83.9 Å². The van der Waals surface area contributed by atoms with Gasteiger partial charge in [0.2, 0.25) is 0 Å². The van der Waals surface area contributed by atoms with Crippen LogP contribution in [-0.2, 0) is 17.8 Å². The smallest absolute Gasteiger partial charge is 0.321 e. The number of carbonyl (C=O) groups excluding carboxylic acids is 1. The Morgan fingerprint density at radius 1 is 0.800 bits per heavy atom. The fourth-order valence-electron chi connectivity index (χ4n) is 4.52. The van der Waals surface area contributed by atoms with E-state index in [2.05, 4.69) is 17.6 Å². The van der Waals surface area contributed by atoms with Crippen LogP contribution in [0, 0.1) is 0 Å². The number of rotatable bonds is 15. The van der Waals surface area contributed by atoms with Crippen molar-refractivity contribution in [1.29, 1.82) is 0 Å². The summed E-state index contributed by atoms with van der Waals surface area (Å²) in [5, 5.41) is 16.0. The van der Waals surface area contributed by atoms with E-state index in [4.69, 9.17) is 0 Å². The molecule has 3 aromatic carbocycles. The molecule has 0 spiro atoms. The maximum absolute atomic E-state index is 12.6. The Hall–Kier alpha value is -3.84. The molecule has 0 saturated carbocycles. The zero-order valence-electron chi connectivity index (χ0n) is 24.3. The van der Waals surface area contributed by atoms with E-state index >= 15 is 0 Å². The van der Waals surface area contributed by atoms with Crippen molar-refractivity contribution in [2.75, 3.05) is 37.5 Å². The van der Waals surface area contributed by atoms with Crippen molar-refractivity contribution >= 4 is 23.4 Å². The molecule has 0 heterocycles. The van der Waals surface area contributed by atoms with Gasteiger partial charge in [-0.3, -0.25) is 9.69 Å². The quantitative estimate of drug-likeness (QED) is 0.195. The molecule has 0 aliphatic carbocycles. The van der Waals surface area contributed by atoms with Gasteiger partial charge in [0, 0.05) is 45.6 Å². The lowest BCUT2D eigenvalue weighted by Gasteiger charge is -2.19. The molecular weight excluding hydrogens is 500 g/mol. The van der Waals surface area contributed by atoms with Crippen molar-refractivity contribution in [3.63, 3.8) is 0 Å². The normalized spacial score (nSPS) is 11.6. The number of hydrogen-bond donors (Lipinski definition) is 3. The zero-order valence-corrected chi connectivity index (χ0v) is 24.3. The number of benzene rings is 3. The van der Waals surface area contributed by atoms with Crippen LogP contribution in [0.5, 0.6) is 0 Å². The predicted octanol–water partition coefficient (Wildman–Crippen LogP) is 6.32. The summed E-state index contributed by atoms with van der Waals surface area (Å²) in [7, 11) is 5.76. The van der Waals surface area contributed by atoms with E-state index in [0.717, 1.165) is 46.5 Å². The van der Waals surface area contributed by atoms with E-state index < -0.39 is 12.0 Å². The molecule has 214 valence electrons. The summed E-state index contributed by atoms with van der Waals surface area (Å²) in [4.78, 5) is 28.2. The summed E-state index contributed by atoms with van der Waals surface area (Å²) in [5.41, 5.74) is 5.91. The van der Waals surface area contributed by atoms with Gasteiger partial charge in [-0.1, -0.05) is 81.1 Å². The number of anilines is 2. The van der Waals surface area contributed by atoms with Crippen LogP contribution in [0.4, 0.5) is 16.2 Å². The number of urea groups is 1. The average Bonchev–Trinajstić information content (AvgIpc) is 2.97. The summed E-state index contributed by atoms with van der Waals surface area (Å²) < 4.78 is 0. The molecule has 0 aromatic heterocycles. The number of carboxylic acid groups (broad SMARTS) is 1. The van der Waals surface area contributed by atoms with Crippen molar-refractivity contribution in [1.82, 2.24) is 10.6 Å². The van der Waals surface area contributed by atoms with Crippen molar-refractivity contribution in [2.45, 2.75) is 58.0 Å². The summed E-state index contributed by atoms with van der Waals surface area (Å²) >= 11 is 0. The molecule has 0 aliphatic heterocycles. The number of nitrogens with zero attached hydrogens (tertiary/aromatic N) is 2. The van der Waals surface area contributed by atoms with E-state index in [0.29, 0.717) is 19.5 Å². The second-order valence-corrected chi connectivity index (χ2v) is 10.5. The number of aliphatic carboxylic acids is 1. The number of carboxylic acids is 1. The van der Waals surface area contributed by atoms with Gasteiger partial charge in [-0.05, 0) is 59.4 Å². The van der Waals surface area contributed by atoms with E-state index in [-0.39, 0.29) is 6.03 Å². The van der Waals surface area contributed by atoms with Gasteiger partial charge >= 0.3 is 12.0 Å². The van der Waals surface area contributed by atoms with Gasteiger partial charge < -0.3 is 20.6 Å². The van der Waals surface area contributed by atoms with Crippen LogP contribution in [0.25, 0.3) is 11.1 Å². The molecule has 0 bridgehead atoms. The minimum Gasteiger partial charge on any atom is -0.480 e. The first kappa shape index (κ1) is 30.7. The van der Waals surface area contributed by atoms with Crippen LogP contribution in [0.1, 0.15) is 50.2 Å². The second-order valence-electron chi connectivity index (χ2n) is 10.5. The van der Waals surface area contributed by atoms with Crippen LogP contribution in [0.3, 0.4) is 0 Å². The Morgan fingerprint density at radius 2 is 1.48 bits per heavy atom. The van der Waals surface area contributed by atoms with Crippen molar-refractivity contribution in [3.8, 4) is 11.1 Å². The van der Waals surface area contributed by atoms with Gasteiger partial charge in [-0.2, -0.15) is 0 Å². The van der Waals surface area contributed by atoms with Gasteiger partial charge in [0.1, 0.15) is 6.04 Å². The average molecular weight is 545 g/mol. The fraction of sp³-hybridized carbons (Fsp3) is 0.394. The number of nitrogens with one attached hydrogen (secondary N) is 2. The summed E-state index contributed by atoms with van der Waals surface area (Å²) in [6.07, 6.45) is 6.17. The highest BCUT2D eigenvalue weighted by molar-refractivity contribution is 5.92. The lowest BCUT2D eigenvalue weighted by Crippen LogP contribution is -2.38. The molecule has 1 unspecified atom stereocenters. The third-order valence-electron chi connectivity index (χ3n) is 7.13. The van der Waals surface area contributed by atoms with Crippen LogP contribution in [-0.4, -0.2) is 50.8 Å². The molecule has 2 amide bonds. The minimum absolute atomic E-state index is 0.108. The third kappa shape index (κ3) is 9.42. The van der Waals surface area contributed by atoms with Gasteiger partial charge in [0.25, 0.3) is 0 Å². The van der Waals surface area contributed by atoms with Gasteiger partial charge in [0.05, 0.1) is 0 Å². The first-order chi connectivity index (χ1) is 19.3. The van der Waals surface area contributed by atoms with Gasteiger partial charge in [0.15, 0.2) is 0 Å². The van der Waals surface area contributed by atoms with E-state index in [1.165, 1.54) is 19.3 Å². The number of amides is 2. The standard InChI is InChI=1S/C33H44N4O3/c1-5-6-7-8-9-21-34-33(40)37(4)30-12-10-11-28(23-30)27-17-13-25(14-18-27)22-31(32(38)39)35-24-26-15-19-29(20-16-26)36(2)3/h10-20,23,31,35H,5-9,21-22,24H2,1-4H3,(H,34,40)(H,38,39). The van der Waals surface area contributed by atoms with Crippen LogP contribution in [0.2, 0.25) is 0 Å². The summed E-state index contributed by atoms with van der Waals surface area (Å²) in [6.45, 7) is 3.36. The zero-order chi connectivity index (χ0) is 28.9. The van der Waals surface area contributed by atoms with E-state index in [9.17, 15) is 14.7 Å². The molecule has 0 fully saturated rings. The monoisotopic (exact) mass is 544 g/mol. The first-order valence-corrected chi connectivity index (χ1v) is 14.2. The maximum atomic E-state index is 12.6. The van der Waals surface area contributed by atoms with E-state index in [1.54, 1.807) is 11.9 Å². The lowest BCUT2D eigenvalue weighted by atomic mass is 10.00. The predicted molar refractivity (Wildman–Crippen MR) is 165 cm³/mol. The Balaban J connectivity index is 1.57. The molecule has 0 aliphatic rings. The van der Waals surface area contributed by atoms with Crippen molar-refractivity contribution < 1.29 is 14.7 Å². The Bertz CT molecular complexity index is 1210. The largest absolute Gasteiger partial charge is 0.480 e. The Labute approximate surface area is 239 Å². The Morgan fingerprint density at radius 3 is 2.12 bits per heavy atom. The van der Waals surface area contributed by atoms with Gasteiger partial charge in [-0.15, -0.1) is 0 Å². The Kier molecular flexibility index (Phi) is 12.0. The van der Waals surface area contributed by atoms with Gasteiger partial charge in [-0.25, -0.2) is 4.79 Å². The second kappa shape index (κ2) is 15.7. The topological polar surface area (TPSA) is 84.9 Å². The summed E-state index contributed by atoms with van der Waals surface area (Å²) in [5.74, 6) is -0.871. The number of carbonyl (C=O) groups is 2. The molecular formula is C33H44N4O3. The third-order valence-corrected chi connectivity index (χ3v) is 7.13. The number of unbranched alkanes of at least 4 members (excludes halogenated alkanes) is 4. The molecule has 3 rings (SSSR count). The van der Waals surface area contributed by atoms with Crippen LogP contribution < -0.4 is 20.4 Å². The lowest BCUT2D eigenvalue weighted by molar-refractivity contribution is -0.139. The fourth-order valence-corrected chi connectivity index (χ4v) is 4.52. The highest BCUT2D eigenvalue weighted by atomic mass is 16.4. The van der Waals surface area contributed by atoms with Crippen LogP contribution >= 0.6 is 0 Å². The SMILES string of the molecule is CCCCCCCNC(=O)N(C)c1cccc(-c2ccc(CC(NCc3ccc(N(C)C)cc3)C(=O)O)cc2)c1. The molecule has 3 aromatic rings. The molecule has 7 nitrogen and oxygen atoms in total. The van der Waals surface area contributed by atoms with E-state index in [1.807, 2.05) is 91.8 Å². The molecule has 0 radical (unpaired) electrons. The molecule has 40 heavy (non-hydrogen) atoms. The highest BCUT2D eigenvalue weighted by Gasteiger charge is 2.18. The molecule has 7 heteroatoms. The van der Waals surface area contributed by atoms with Crippen molar-refractivity contribution in [2.24, 2.45) is 0 Å².